The molecule has 0 radical (unpaired) electrons. The van der Waals surface area contributed by atoms with Crippen LogP contribution in [0.15, 0.2) is 85.2 Å². The van der Waals surface area contributed by atoms with Crippen molar-refractivity contribution in [3.63, 3.8) is 0 Å². The minimum absolute atomic E-state index is 0.0573. The lowest BCUT2D eigenvalue weighted by atomic mass is 9.86. The fraction of sp³-hybridized carbons (Fsp3) is 0.364. The first-order valence-corrected chi connectivity index (χ1v) is 20.3. The summed E-state index contributed by atoms with van der Waals surface area (Å²) in [4.78, 5) is 55.0. The smallest absolute Gasteiger partial charge is 0.345 e. The fourth-order valence-electron chi connectivity index (χ4n) is 8.12. The number of hydrogen-bond donors (Lipinski definition) is 0. The summed E-state index contributed by atoms with van der Waals surface area (Å²) < 4.78 is 83.1. The molecule has 6 heterocycles. The van der Waals surface area contributed by atoms with Crippen molar-refractivity contribution in [2.75, 3.05) is 40.3 Å². The van der Waals surface area contributed by atoms with Crippen molar-refractivity contribution in [2.45, 2.75) is 63.2 Å². The summed E-state index contributed by atoms with van der Waals surface area (Å²) in [5.41, 5.74) is 1.04. The molecule has 4 aromatic heterocycles. The van der Waals surface area contributed by atoms with Gasteiger partial charge in [-0.1, -0.05) is 43.3 Å². The van der Waals surface area contributed by atoms with Crippen LogP contribution in [0.2, 0.25) is 0 Å². The molecule has 330 valence electrons. The van der Waals surface area contributed by atoms with Crippen molar-refractivity contribution in [2.24, 2.45) is 0 Å². The Bertz CT molecular complexity index is 2660. The molecule has 6 aromatic rings. The number of Topliss-reactive ketones (excluding diaryl/α,β-unsaturated/α-hetero) is 1. The molecule has 0 unspecified atom stereocenters. The van der Waals surface area contributed by atoms with Crippen LogP contribution in [-0.2, 0) is 12.4 Å². The molecule has 8 rings (SSSR count). The first-order chi connectivity index (χ1) is 30.0. The van der Waals surface area contributed by atoms with E-state index in [1.54, 1.807) is 73.4 Å². The van der Waals surface area contributed by atoms with Crippen molar-refractivity contribution in [3.05, 3.63) is 130 Å². The first-order valence-electron chi connectivity index (χ1n) is 20.3. The van der Waals surface area contributed by atoms with Crippen LogP contribution >= 0.6 is 0 Å². The van der Waals surface area contributed by atoms with Crippen molar-refractivity contribution in [3.8, 4) is 0 Å². The predicted molar refractivity (Wildman–Crippen MR) is 217 cm³/mol. The molecule has 0 saturated carbocycles. The Morgan fingerprint density at radius 2 is 0.984 bits per heavy atom. The van der Waals surface area contributed by atoms with Gasteiger partial charge in [-0.2, -0.15) is 26.3 Å². The van der Waals surface area contributed by atoms with Crippen molar-refractivity contribution in [1.29, 1.82) is 0 Å². The summed E-state index contributed by atoms with van der Waals surface area (Å²) in [6, 6.07) is 17.7. The molecule has 0 bridgehead atoms. The van der Waals surface area contributed by atoms with E-state index in [1.807, 2.05) is 0 Å². The van der Waals surface area contributed by atoms with Gasteiger partial charge in [-0.25, -0.2) is 0 Å². The Kier molecular flexibility index (Phi) is 12.7. The highest BCUT2D eigenvalue weighted by Gasteiger charge is 2.38. The Morgan fingerprint density at radius 1 is 0.587 bits per heavy atom. The zero-order valence-electron chi connectivity index (χ0n) is 34.5. The summed E-state index contributed by atoms with van der Waals surface area (Å²) in [6.07, 6.45) is -3.71. The van der Waals surface area contributed by atoms with E-state index in [2.05, 4.69) is 20.4 Å². The number of aromatic nitrogens is 6. The van der Waals surface area contributed by atoms with Gasteiger partial charge in [0.25, 0.3) is 17.7 Å². The molecule has 19 heteroatoms. The average molecular weight is 876 g/mol. The van der Waals surface area contributed by atoms with E-state index in [9.17, 15) is 45.5 Å². The minimum atomic E-state index is -4.41. The molecule has 2 aromatic carbocycles. The number of alkyl halides is 6. The van der Waals surface area contributed by atoms with Crippen LogP contribution in [0.3, 0.4) is 0 Å². The molecule has 2 fully saturated rings. The number of rotatable bonds is 7. The van der Waals surface area contributed by atoms with Gasteiger partial charge in [-0.05, 0) is 85.0 Å². The van der Waals surface area contributed by atoms with Gasteiger partial charge in [0.15, 0.2) is 17.1 Å². The number of hydrogen-bond acceptors (Lipinski definition) is 8. The van der Waals surface area contributed by atoms with Crippen LogP contribution in [0.25, 0.3) is 11.3 Å². The van der Waals surface area contributed by atoms with E-state index in [1.165, 1.54) is 44.2 Å². The molecule has 63 heavy (non-hydrogen) atoms. The SMILES string of the molecule is CCC(=O)c1ccc2nnc(C(=O)N3CCC(c4ccccc4C(F)(F)F)CC3)n2c1.CN(C)C(=O)c1ccc2nnc(C(=O)N3CCC(c4ccccc4C(F)(F)F)CC3)n2c1. The third-order valence-electron chi connectivity index (χ3n) is 11.5. The number of pyridine rings is 2. The molecule has 3 amide bonds. The van der Waals surface area contributed by atoms with E-state index in [4.69, 9.17) is 0 Å². The Hall–Kier alpha value is -6.66. The maximum atomic E-state index is 13.4. The number of halogens is 6. The van der Waals surface area contributed by atoms with E-state index >= 15 is 0 Å². The molecule has 2 saturated heterocycles. The number of piperidine rings is 2. The van der Waals surface area contributed by atoms with E-state index in [0.717, 1.165) is 12.1 Å². The van der Waals surface area contributed by atoms with Crippen LogP contribution in [0.4, 0.5) is 26.3 Å². The van der Waals surface area contributed by atoms with Crippen molar-refractivity contribution in [1.82, 2.24) is 43.9 Å². The maximum Gasteiger partial charge on any atom is 0.416 e. The molecular weight excluding hydrogens is 833 g/mol. The molecule has 13 nitrogen and oxygen atoms in total. The lowest BCUT2D eigenvalue weighted by Crippen LogP contribution is -2.39. The predicted octanol–water partition coefficient (Wildman–Crippen LogP) is 7.83. The third-order valence-corrected chi connectivity index (χ3v) is 11.5. The van der Waals surface area contributed by atoms with Gasteiger partial charge < -0.3 is 14.7 Å². The van der Waals surface area contributed by atoms with Gasteiger partial charge in [-0.3, -0.25) is 28.0 Å². The zero-order valence-corrected chi connectivity index (χ0v) is 34.5. The van der Waals surface area contributed by atoms with Gasteiger partial charge in [-0.15, -0.1) is 20.4 Å². The molecule has 0 aliphatic carbocycles. The summed E-state index contributed by atoms with van der Waals surface area (Å²) in [6.45, 7) is 3.00. The maximum absolute atomic E-state index is 13.4. The second kappa shape index (κ2) is 18.0. The van der Waals surface area contributed by atoms with E-state index in [-0.39, 0.29) is 58.1 Å². The largest absolute Gasteiger partial charge is 0.416 e. The Balaban J connectivity index is 0.000000189. The number of carbonyl (C=O) groups is 4. The minimum Gasteiger partial charge on any atom is -0.345 e. The van der Waals surface area contributed by atoms with Crippen molar-refractivity contribution >= 4 is 34.8 Å². The Morgan fingerprint density at radius 3 is 1.38 bits per heavy atom. The van der Waals surface area contributed by atoms with Crippen LogP contribution in [0, 0.1) is 0 Å². The van der Waals surface area contributed by atoms with Crippen molar-refractivity contribution < 1.29 is 45.5 Å². The standard InChI is InChI=1S/C22H22F3N5O2.C22H21F3N4O2/c1-28(2)20(31)15-7-8-18-26-27-19(30(18)13-15)21(32)29-11-9-14(10-12-29)16-5-3-4-6-17(16)22(23,24)25;1-2-18(30)15-7-8-19-26-27-20(29(19)13-15)21(31)28-11-9-14(10-12-28)16-5-3-4-6-17(16)22(23,24)25/h3-8,13-14H,9-12H2,1-2H3;3-8,13-14H,2,9-12H2,1H3. The second-order valence-corrected chi connectivity index (χ2v) is 15.6. The lowest BCUT2D eigenvalue weighted by molar-refractivity contribution is -0.139. The Labute approximate surface area is 357 Å². The highest BCUT2D eigenvalue weighted by atomic mass is 19.4. The highest BCUT2D eigenvalue weighted by Crippen LogP contribution is 2.40. The molecule has 0 N–H and O–H groups in total. The molecule has 0 atom stereocenters. The number of carbonyl (C=O) groups excluding carboxylic acids is 4. The quantitative estimate of drug-likeness (QED) is 0.117. The van der Waals surface area contributed by atoms with Crippen LogP contribution < -0.4 is 0 Å². The monoisotopic (exact) mass is 875 g/mol. The zero-order chi connectivity index (χ0) is 45.2. The number of nitrogens with zero attached hydrogens (tertiary/aromatic N) is 9. The van der Waals surface area contributed by atoms with Gasteiger partial charge in [0.05, 0.1) is 16.7 Å². The van der Waals surface area contributed by atoms with Gasteiger partial charge in [0.2, 0.25) is 11.6 Å². The van der Waals surface area contributed by atoms with Crippen LogP contribution in [-0.4, -0.2) is 108 Å². The van der Waals surface area contributed by atoms with Gasteiger partial charge >= 0.3 is 12.4 Å². The molecular formula is C44H43F6N9O4. The number of likely N-dealkylation sites (tertiary alicyclic amines) is 2. The van der Waals surface area contributed by atoms with Crippen LogP contribution in [0.1, 0.15) is 115 Å². The molecule has 2 aliphatic rings. The average Bonchev–Trinajstić information content (AvgIpc) is 3.92. The van der Waals surface area contributed by atoms with Gasteiger partial charge in [0, 0.05) is 64.7 Å². The third kappa shape index (κ3) is 9.41. The fourth-order valence-corrected chi connectivity index (χ4v) is 8.12. The second-order valence-electron chi connectivity index (χ2n) is 15.6. The number of ketones is 1. The number of amides is 3. The highest BCUT2D eigenvalue weighted by molar-refractivity contribution is 5.97. The van der Waals surface area contributed by atoms with Gasteiger partial charge in [0.1, 0.15) is 0 Å². The molecule has 2 aliphatic heterocycles. The summed E-state index contributed by atoms with van der Waals surface area (Å²) in [5.74, 6) is -1.38. The number of benzene rings is 2. The van der Waals surface area contributed by atoms with Crippen LogP contribution in [0.5, 0.6) is 0 Å². The topological polar surface area (TPSA) is 138 Å². The number of fused-ring (bicyclic) bond motifs is 2. The normalized spacial score (nSPS) is 15.3. The lowest BCUT2D eigenvalue weighted by Gasteiger charge is -2.32. The molecule has 0 spiro atoms. The summed E-state index contributed by atoms with van der Waals surface area (Å²) in [5, 5.41) is 16.0. The summed E-state index contributed by atoms with van der Waals surface area (Å²) in [7, 11) is 3.26. The van der Waals surface area contributed by atoms with E-state index < -0.39 is 23.5 Å². The summed E-state index contributed by atoms with van der Waals surface area (Å²) >= 11 is 0. The van der Waals surface area contributed by atoms with E-state index in [0.29, 0.717) is 80.7 Å². The first kappa shape index (κ1) is 44.4.